The zero-order valence-electron chi connectivity index (χ0n) is 11.9. The summed E-state index contributed by atoms with van der Waals surface area (Å²) in [6.45, 7) is 0. The van der Waals surface area contributed by atoms with E-state index in [2.05, 4.69) is 4.98 Å². The number of anilines is 1. The van der Waals surface area contributed by atoms with Crippen LogP contribution in [0.25, 0.3) is 11.1 Å². The molecule has 0 bridgehead atoms. The molecule has 1 aromatic heterocycles. The van der Waals surface area contributed by atoms with Gasteiger partial charge < -0.3 is 15.1 Å². The van der Waals surface area contributed by atoms with E-state index in [9.17, 15) is 10.1 Å². The molecule has 0 atom stereocenters. The van der Waals surface area contributed by atoms with Crippen LogP contribution in [0.15, 0.2) is 22.6 Å². The van der Waals surface area contributed by atoms with Gasteiger partial charge in [-0.1, -0.05) is 0 Å². The first-order valence-electron chi connectivity index (χ1n) is 7.08. The zero-order chi connectivity index (χ0) is 15.0. The van der Waals surface area contributed by atoms with E-state index < -0.39 is 4.92 Å². The monoisotopic (exact) mass is 290 g/mol. The molecule has 1 aromatic carbocycles. The fourth-order valence-corrected chi connectivity index (χ4v) is 2.81. The fourth-order valence-electron chi connectivity index (χ4n) is 2.81. The number of aromatic nitrogens is 1. The summed E-state index contributed by atoms with van der Waals surface area (Å²) in [5.41, 5.74) is 7.02. The first kappa shape index (κ1) is 13.8. The van der Waals surface area contributed by atoms with Gasteiger partial charge in [-0.2, -0.15) is 4.98 Å². The Morgan fingerprint density at radius 2 is 2.10 bits per heavy atom. The van der Waals surface area contributed by atoms with Crippen molar-refractivity contribution in [3.63, 3.8) is 0 Å². The molecule has 0 amide bonds. The van der Waals surface area contributed by atoms with Gasteiger partial charge in [-0.05, 0) is 31.7 Å². The molecule has 21 heavy (non-hydrogen) atoms. The summed E-state index contributed by atoms with van der Waals surface area (Å²) in [7, 11) is 1.95. The Hall–Kier alpha value is -2.15. The van der Waals surface area contributed by atoms with Crippen molar-refractivity contribution in [2.75, 3.05) is 11.9 Å². The number of nitro benzene ring substituents is 1. The van der Waals surface area contributed by atoms with Gasteiger partial charge in [0.1, 0.15) is 5.52 Å². The van der Waals surface area contributed by atoms with E-state index in [0.29, 0.717) is 29.2 Å². The number of fused-ring (bicyclic) bond motifs is 1. The number of hydrogen-bond acceptors (Lipinski definition) is 6. The van der Waals surface area contributed by atoms with Gasteiger partial charge in [0.15, 0.2) is 5.58 Å². The predicted molar refractivity (Wildman–Crippen MR) is 79.3 cm³/mol. The maximum absolute atomic E-state index is 10.8. The molecule has 2 N–H and O–H groups in total. The van der Waals surface area contributed by atoms with Gasteiger partial charge in [0.05, 0.1) is 4.92 Å². The first-order valence-corrected chi connectivity index (χ1v) is 7.08. The molecular formula is C14H18N4O3. The molecule has 7 nitrogen and oxygen atoms in total. The molecule has 0 unspecified atom stereocenters. The van der Waals surface area contributed by atoms with E-state index in [1.165, 1.54) is 12.1 Å². The minimum atomic E-state index is -0.431. The van der Waals surface area contributed by atoms with Gasteiger partial charge in [0, 0.05) is 31.3 Å². The molecular weight excluding hydrogens is 272 g/mol. The lowest BCUT2D eigenvalue weighted by Gasteiger charge is -2.32. The van der Waals surface area contributed by atoms with Crippen LogP contribution < -0.4 is 10.6 Å². The van der Waals surface area contributed by atoms with Crippen LogP contribution in [0.1, 0.15) is 25.7 Å². The van der Waals surface area contributed by atoms with Gasteiger partial charge in [-0.3, -0.25) is 10.1 Å². The quantitative estimate of drug-likeness (QED) is 0.688. The average Bonchev–Trinajstić information content (AvgIpc) is 2.90. The molecule has 0 radical (unpaired) electrons. The maximum atomic E-state index is 10.8. The molecule has 7 heteroatoms. The Balaban J connectivity index is 1.85. The van der Waals surface area contributed by atoms with Crippen molar-refractivity contribution in [2.24, 2.45) is 5.73 Å². The normalized spacial score (nSPS) is 22.4. The second kappa shape index (κ2) is 5.33. The largest absolute Gasteiger partial charge is 0.423 e. The summed E-state index contributed by atoms with van der Waals surface area (Å²) >= 11 is 0. The maximum Gasteiger partial charge on any atom is 0.298 e. The van der Waals surface area contributed by atoms with E-state index in [4.69, 9.17) is 10.2 Å². The summed E-state index contributed by atoms with van der Waals surface area (Å²) < 4.78 is 5.71. The smallest absolute Gasteiger partial charge is 0.298 e. The van der Waals surface area contributed by atoms with E-state index in [0.717, 1.165) is 25.7 Å². The minimum absolute atomic E-state index is 0.0219. The highest BCUT2D eigenvalue weighted by Crippen LogP contribution is 2.29. The lowest BCUT2D eigenvalue weighted by Crippen LogP contribution is -2.38. The van der Waals surface area contributed by atoms with Gasteiger partial charge in [0.2, 0.25) is 0 Å². The average molecular weight is 290 g/mol. The number of nitro groups is 1. The standard InChI is InChI=1S/C14H18N4O3/c1-17(10-4-2-9(15)3-5-10)14-16-12-8-11(18(19)20)6-7-13(12)21-14/h6-10H,2-5,15H2,1H3. The summed E-state index contributed by atoms with van der Waals surface area (Å²) in [5, 5.41) is 10.8. The van der Waals surface area contributed by atoms with E-state index in [1.54, 1.807) is 6.07 Å². The van der Waals surface area contributed by atoms with Gasteiger partial charge in [-0.25, -0.2) is 0 Å². The van der Waals surface area contributed by atoms with E-state index in [-0.39, 0.29) is 5.69 Å². The first-order chi connectivity index (χ1) is 10.0. The fraction of sp³-hybridized carbons (Fsp3) is 0.500. The van der Waals surface area contributed by atoms with Crippen LogP contribution in [0.2, 0.25) is 0 Å². The number of non-ortho nitro benzene ring substituents is 1. The summed E-state index contributed by atoms with van der Waals surface area (Å²) in [6, 6.07) is 5.61. The van der Waals surface area contributed by atoms with Crippen molar-refractivity contribution in [1.29, 1.82) is 0 Å². The van der Waals surface area contributed by atoms with Crippen LogP contribution in [-0.2, 0) is 0 Å². The van der Waals surface area contributed by atoms with Crippen LogP contribution in [0.5, 0.6) is 0 Å². The minimum Gasteiger partial charge on any atom is -0.423 e. The van der Waals surface area contributed by atoms with Crippen molar-refractivity contribution in [3.05, 3.63) is 28.3 Å². The number of oxazole rings is 1. The van der Waals surface area contributed by atoms with Gasteiger partial charge in [0.25, 0.3) is 11.7 Å². The van der Waals surface area contributed by atoms with Crippen molar-refractivity contribution < 1.29 is 9.34 Å². The number of rotatable bonds is 3. The van der Waals surface area contributed by atoms with Crippen molar-refractivity contribution in [1.82, 2.24) is 4.98 Å². The number of nitrogens with two attached hydrogens (primary N) is 1. The lowest BCUT2D eigenvalue weighted by molar-refractivity contribution is -0.384. The van der Waals surface area contributed by atoms with Crippen LogP contribution in [-0.4, -0.2) is 29.0 Å². The molecule has 0 saturated heterocycles. The number of benzene rings is 1. The summed E-state index contributed by atoms with van der Waals surface area (Å²) in [4.78, 5) is 16.7. The third-order valence-electron chi connectivity index (χ3n) is 4.16. The highest BCUT2D eigenvalue weighted by molar-refractivity contribution is 5.77. The summed E-state index contributed by atoms with van der Waals surface area (Å²) in [6.07, 6.45) is 4.02. The van der Waals surface area contributed by atoms with Crippen LogP contribution in [0.3, 0.4) is 0 Å². The van der Waals surface area contributed by atoms with Crippen LogP contribution in [0.4, 0.5) is 11.7 Å². The highest BCUT2D eigenvalue weighted by atomic mass is 16.6. The SMILES string of the molecule is CN(c1nc2cc([N+](=O)[O-])ccc2o1)C1CCC(N)CC1. The van der Waals surface area contributed by atoms with Crippen molar-refractivity contribution >= 4 is 22.8 Å². The Morgan fingerprint density at radius 3 is 2.76 bits per heavy atom. The Bertz CT molecular complexity index is 661. The molecule has 3 rings (SSSR count). The number of hydrogen-bond donors (Lipinski definition) is 1. The molecule has 112 valence electrons. The zero-order valence-corrected chi connectivity index (χ0v) is 11.9. The summed E-state index contributed by atoms with van der Waals surface area (Å²) in [5.74, 6) is 0. The molecule has 1 aliphatic rings. The Morgan fingerprint density at radius 1 is 1.38 bits per heavy atom. The Labute approximate surface area is 121 Å². The van der Waals surface area contributed by atoms with Crippen molar-refractivity contribution in [3.8, 4) is 0 Å². The second-order valence-electron chi connectivity index (χ2n) is 5.59. The third-order valence-corrected chi connectivity index (χ3v) is 4.16. The Kier molecular flexibility index (Phi) is 3.50. The van der Waals surface area contributed by atoms with E-state index >= 15 is 0 Å². The molecule has 1 heterocycles. The highest BCUT2D eigenvalue weighted by Gasteiger charge is 2.25. The van der Waals surface area contributed by atoms with Crippen molar-refractivity contribution in [2.45, 2.75) is 37.8 Å². The van der Waals surface area contributed by atoms with E-state index in [1.807, 2.05) is 11.9 Å². The molecule has 1 saturated carbocycles. The van der Waals surface area contributed by atoms with Crippen LogP contribution in [0, 0.1) is 10.1 Å². The molecule has 0 spiro atoms. The second-order valence-corrected chi connectivity index (χ2v) is 5.59. The third kappa shape index (κ3) is 2.69. The topological polar surface area (TPSA) is 98.4 Å². The lowest BCUT2D eigenvalue weighted by atomic mass is 9.91. The molecule has 2 aromatic rings. The number of nitrogens with zero attached hydrogens (tertiary/aromatic N) is 3. The molecule has 0 aliphatic heterocycles. The molecule has 1 fully saturated rings. The van der Waals surface area contributed by atoms with Gasteiger partial charge in [-0.15, -0.1) is 0 Å². The molecule has 1 aliphatic carbocycles. The van der Waals surface area contributed by atoms with Gasteiger partial charge >= 0.3 is 0 Å². The van der Waals surface area contributed by atoms with Crippen LogP contribution >= 0.6 is 0 Å². The predicted octanol–water partition coefficient (Wildman–Crippen LogP) is 2.44.